The molecule has 0 aliphatic heterocycles. The number of aromatic amines is 1. The van der Waals surface area contributed by atoms with Crippen molar-refractivity contribution in [1.82, 2.24) is 9.97 Å². The number of imidazole rings is 1. The van der Waals surface area contributed by atoms with Gasteiger partial charge < -0.3 is 9.72 Å². The van der Waals surface area contributed by atoms with Gasteiger partial charge in [0.25, 0.3) is 0 Å². The molecule has 0 spiro atoms. The Morgan fingerprint density at radius 3 is 2.56 bits per heavy atom. The SMILES string of the molecule is CCc1ccc(-c2nc(C(=O)OC)c(C)[nH]2)cc1. The van der Waals surface area contributed by atoms with Gasteiger partial charge in [0.2, 0.25) is 0 Å². The maximum Gasteiger partial charge on any atom is 0.358 e. The highest BCUT2D eigenvalue weighted by molar-refractivity contribution is 5.89. The molecule has 4 heteroatoms. The van der Waals surface area contributed by atoms with Crippen LogP contribution in [0.1, 0.15) is 28.7 Å². The first-order chi connectivity index (χ1) is 8.65. The molecule has 0 unspecified atom stereocenters. The van der Waals surface area contributed by atoms with Crippen LogP contribution in [0.5, 0.6) is 0 Å². The summed E-state index contributed by atoms with van der Waals surface area (Å²) in [5.74, 6) is 0.274. The van der Waals surface area contributed by atoms with Crippen molar-refractivity contribution in [3.05, 3.63) is 41.2 Å². The summed E-state index contributed by atoms with van der Waals surface area (Å²) < 4.78 is 4.68. The monoisotopic (exact) mass is 244 g/mol. The Balaban J connectivity index is 2.36. The maximum absolute atomic E-state index is 11.5. The average molecular weight is 244 g/mol. The highest BCUT2D eigenvalue weighted by Crippen LogP contribution is 2.19. The normalized spacial score (nSPS) is 10.4. The zero-order valence-corrected chi connectivity index (χ0v) is 10.8. The van der Waals surface area contributed by atoms with Crippen molar-refractivity contribution in [2.24, 2.45) is 0 Å². The van der Waals surface area contributed by atoms with Gasteiger partial charge in [0.15, 0.2) is 5.69 Å². The molecule has 1 heterocycles. The van der Waals surface area contributed by atoms with Crippen molar-refractivity contribution in [2.45, 2.75) is 20.3 Å². The van der Waals surface area contributed by atoms with Crippen molar-refractivity contribution in [2.75, 3.05) is 7.11 Å². The van der Waals surface area contributed by atoms with Crippen LogP contribution in [0, 0.1) is 6.92 Å². The van der Waals surface area contributed by atoms with Crippen molar-refractivity contribution < 1.29 is 9.53 Å². The lowest BCUT2D eigenvalue weighted by molar-refractivity contribution is 0.0594. The summed E-state index contributed by atoms with van der Waals surface area (Å²) in [6.07, 6.45) is 1.00. The number of methoxy groups -OCH3 is 1. The lowest BCUT2D eigenvalue weighted by Gasteiger charge is -1.99. The molecule has 1 N–H and O–H groups in total. The zero-order chi connectivity index (χ0) is 13.1. The third kappa shape index (κ3) is 2.27. The van der Waals surface area contributed by atoms with Crippen LogP contribution in [0.3, 0.4) is 0 Å². The minimum Gasteiger partial charge on any atom is -0.464 e. The minimum absolute atomic E-state index is 0.340. The highest BCUT2D eigenvalue weighted by Gasteiger charge is 2.15. The molecule has 4 nitrogen and oxygen atoms in total. The number of carbonyl (C=O) groups excluding carboxylic acids is 1. The molecule has 0 saturated heterocycles. The van der Waals surface area contributed by atoms with Crippen LogP contribution in [0.25, 0.3) is 11.4 Å². The highest BCUT2D eigenvalue weighted by atomic mass is 16.5. The van der Waals surface area contributed by atoms with Crippen LogP contribution in [0.15, 0.2) is 24.3 Å². The molecule has 0 amide bonds. The predicted octanol–water partition coefficient (Wildman–Crippen LogP) is 2.73. The topological polar surface area (TPSA) is 55.0 Å². The largest absolute Gasteiger partial charge is 0.464 e. The molecule has 0 fully saturated rings. The Morgan fingerprint density at radius 1 is 1.33 bits per heavy atom. The molecular formula is C14H16N2O2. The number of aryl methyl sites for hydroxylation is 2. The summed E-state index contributed by atoms with van der Waals surface area (Å²) in [5, 5.41) is 0. The summed E-state index contributed by atoms with van der Waals surface area (Å²) in [6.45, 7) is 3.92. The summed E-state index contributed by atoms with van der Waals surface area (Å²) in [4.78, 5) is 18.9. The van der Waals surface area contributed by atoms with E-state index in [1.807, 2.05) is 19.1 Å². The molecule has 0 radical (unpaired) electrons. The fourth-order valence-corrected chi connectivity index (χ4v) is 1.79. The van der Waals surface area contributed by atoms with E-state index in [-0.39, 0.29) is 0 Å². The molecule has 1 aromatic heterocycles. The number of hydrogen-bond donors (Lipinski definition) is 1. The lowest BCUT2D eigenvalue weighted by atomic mass is 10.1. The second-order valence-electron chi connectivity index (χ2n) is 4.10. The average Bonchev–Trinajstić information content (AvgIpc) is 2.80. The Labute approximate surface area is 106 Å². The number of rotatable bonds is 3. The number of benzene rings is 1. The van der Waals surface area contributed by atoms with E-state index < -0.39 is 5.97 Å². The molecule has 0 saturated carbocycles. The Hall–Kier alpha value is -2.10. The Kier molecular flexibility index (Phi) is 3.46. The number of aromatic nitrogens is 2. The summed E-state index contributed by atoms with van der Waals surface area (Å²) in [5.41, 5.74) is 3.30. The van der Waals surface area contributed by atoms with E-state index in [4.69, 9.17) is 0 Å². The van der Waals surface area contributed by atoms with Gasteiger partial charge in [-0.2, -0.15) is 0 Å². The molecule has 2 aromatic rings. The third-order valence-corrected chi connectivity index (χ3v) is 2.90. The molecule has 1 aromatic carbocycles. The first-order valence-corrected chi connectivity index (χ1v) is 5.90. The van der Waals surface area contributed by atoms with Gasteiger partial charge in [-0.1, -0.05) is 31.2 Å². The van der Waals surface area contributed by atoms with Gasteiger partial charge in [-0.05, 0) is 18.9 Å². The number of nitrogens with zero attached hydrogens (tertiary/aromatic N) is 1. The van der Waals surface area contributed by atoms with Crippen molar-refractivity contribution >= 4 is 5.97 Å². The van der Waals surface area contributed by atoms with E-state index >= 15 is 0 Å². The second kappa shape index (κ2) is 5.04. The maximum atomic E-state index is 11.5. The molecular weight excluding hydrogens is 228 g/mol. The predicted molar refractivity (Wildman–Crippen MR) is 69.5 cm³/mol. The summed E-state index contributed by atoms with van der Waals surface area (Å²) >= 11 is 0. The number of hydrogen-bond acceptors (Lipinski definition) is 3. The number of carbonyl (C=O) groups is 1. The molecule has 18 heavy (non-hydrogen) atoms. The standard InChI is InChI=1S/C14H16N2O2/c1-4-10-5-7-11(8-6-10)13-15-9(2)12(16-13)14(17)18-3/h5-8H,4H2,1-3H3,(H,15,16). The number of ether oxygens (including phenoxy) is 1. The molecule has 2 rings (SSSR count). The van der Waals surface area contributed by atoms with E-state index in [2.05, 4.69) is 33.8 Å². The van der Waals surface area contributed by atoms with Gasteiger partial charge in [0.1, 0.15) is 5.82 Å². The van der Waals surface area contributed by atoms with E-state index in [0.717, 1.165) is 17.7 Å². The van der Waals surface area contributed by atoms with Gasteiger partial charge >= 0.3 is 5.97 Å². The van der Waals surface area contributed by atoms with Crippen LogP contribution in [-0.4, -0.2) is 23.0 Å². The molecule has 0 atom stereocenters. The van der Waals surface area contributed by atoms with Crippen molar-refractivity contribution in [3.8, 4) is 11.4 Å². The Bertz CT molecular complexity index is 556. The number of nitrogens with one attached hydrogen (secondary N) is 1. The van der Waals surface area contributed by atoms with Crippen LogP contribution in [-0.2, 0) is 11.2 Å². The van der Waals surface area contributed by atoms with E-state index in [9.17, 15) is 4.79 Å². The molecule has 0 bridgehead atoms. The minimum atomic E-state index is -0.417. The summed E-state index contributed by atoms with van der Waals surface area (Å²) in [7, 11) is 1.35. The lowest BCUT2D eigenvalue weighted by Crippen LogP contribution is -2.03. The van der Waals surface area contributed by atoms with Gasteiger partial charge in [-0.3, -0.25) is 0 Å². The van der Waals surface area contributed by atoms with Gasteiger partial charge in [-0.15, -0.1) is 0 Å². The fraction of sp³-hybridized carbons (Fsp3) is 0.286. The van der Waals surface area contributed by atoms with E-state index in [1.165, 1.54) is 12.7 Å². The first-order valence-electron chi connectivity index (χ1n) is 5.90. The van der Waals surface area contributed by atoms with Gasteiger partial charge in [0.05, 0.1) is 7.11 Å². The van der Waals surface area contributed by atoms with Crippen LogP contribution in [0.2, 0.25) is 0 Å². The number of H-pyrrole nitrogens is 1. The third-order valence-electron chi connectivity index (χ3n) is 2.90. The zero-order valence-electron chi connectivity index (χ0n) is 10.8. The van der Waals surface area contributed by atoms with E-state index in [1.54, 1.807) is 0 Å². The first kappa shape index (κ1) is 12.4. The fourth-order valence-electron chi connectivity index (χ4n) is 1.79. The van der Waals surface area contributed by atoms with Crippen molar-refractivity contribution in [1.29, 1.82) is 0 Å². The summed E-state index contributed by atoms with van der Waals surface area (Å²) in [6, 6.07) is 8.12. The van der Waals surface area contributed by atoms with Crippen LogP contribution >= 0.6 is 0 Å². The van der Waals surface area contributed by atoms with Crippen LogP contribution in [0.4, 0.5) is 0 Å². The van der Waals surface area contributed by atoms with Gasteiger partial charge in [0, 0.05) is 11.3 Å². The Morgan fingerprint density at radius 2 is 2.00 bits per heavy atom. The second-order valence-corrected chi connectivity index (χ2v) is 4.10. The smallest absolute Gasteiger partial charge is 0.358 e. The molecule has 94 valence electrons. The molecule has 0 aliphatic carbocycles. The molecule has 0 aliphatic rings. The van der Waals surface area contributed by atoms with Crippen molar-refractivity contribution in [3.63, 3.8) is 0 Å². The van der Waals surface area contributed by atoms with Gasteiger partial charge in [-0.25, -0.2) is 9.78 Å². The van der Waals surface area contributed by atoms with E-state index in [0.29, 0.717) is 11.5 Å². The number of esters is 1. The quantitative estimate of drug-likeness (QED) is 0.844. The van der Waals surface area contributed by atoms with Crippen LogP contribution < -0.4 is 0 Å².